The molecule has 1 unspecified atom stereocenters. The third-order valence-corrected chi connectivity index (χ3v) is 10.1. The minimum absolute atomic E-state index is 0.0209. The van der Waals surface area contributed by atoms with Gasteiger partial charge in [0.15, 0.2) is 0 Å². The summed E-state index contributed by atoms with van der Waals surface area (Å²) in [5, 5.41) is 4.17. The lowest BCUT2D eigenvalue weighted by molar-refractivity contribution is -0.139. The first-order valence-electron chi connectivity index (χ1n) is 13.8. The van der Waals surface area contributed by atoms with E-state index in [-0.39, 0.29) is 29.1 Å². The van der Waals surface area contributed by atoms with E-state index < -0.39 is 28.5 Å². The second kappa shape index (κ2) is 14.1. The molecular formula is C31H34Cl3N3O4S. The highest BCUT2D eigenvalue weighted by molar-refractivity contribution is 7.92. The molecule has 3 aromatic rings. The number of nitrogens with one attached hydrogen (secondary N) is 1. The summed E-state index contributed by atoms with van der Waals surface area (Å²) in [6.45, 7) is 2.79. The van der Waals surface area contributed by atoms with Crippen LogP contribution in [-0.4, -0.2) is 43.8 Å². The molecule has 1 aliphatic carbocycles. The van der Waals surface area contributed by atoms with Gasteiger partial charge in [-0.25, -0.2) is 8.42 Å². The molecule has 4 rings (SSSR count). The molecule has 0 aromatic heterocycles. The van der Waals surface area contributed by atoms with E-state index in [9.17, 15) is 18.0 Å². The van der Waals surface area contributed by atoms with Gasteiger partial charge in [-0.3, -0.25) is 13.9 Å². The fourth-order valence-electron chi connectivity index (χ4n) is 5.07. The van der Waals surface area contributed by atoms with Gasteiger partial charge in [-0.2, -0.15) is 0 Å². The van der Waals surface area contributed by atoms with Crippen LogP contribution in [0.15, 0.2) is 71.6 Å². The number of hydrogen-bond acceptors (Lipinski definition) is 4. The third kappa shape index (κ3) is 7.78. The summed E-state index contributed by atoms with van der Waals surface area (Å²) in [4.78, 5) is 29.0. The lowest BCUT2D eigenvalue weighted by atomic mass is 9.95. The van der Waals surface area contributed by atoms with Gasteiger partial charge < -0.3 is 10.2 Å². The number of nitrogens with zero attached hydrogens (tertiary/aromatic N) is 2. The van der Waals surface area contributed by atoms with Crippen molar-refractivity contribution in [2.45, 2.75) is 69.5 Å². The van der Waals surface area contributed by atoms with E-state index in [4.69, 9.17) is 34.8 Å². The molecule has 3 aromatic carbocycles. The minimum Gasteiger partial charge on any atom is -0.352 e. The van der Waals surface area contributed by atoms with E-state index in [2.05, 4.69) is 5.32 Å². The van der Waals surface area contributed by atoms with Gasteiger partial charge >= 0.3 is 0 Å². The molecule has 0 heterocycles. The Balaban J connectivity index is 1.72. The van der Waals surface area contributed by atoms with Crippen molar-refractivity contribution >= 4 is 62.3 Å². The first-order valence-corrected chi connectivity index (χ1v) is 16.4. The van der Waals surface area contributed by atoms with Crippen LogP contribution >= 0.6 is 34.8 Å². The van der Waals surface area contributed by atoms with Crippen molar-refractivity contribution in [2.75, 3.05) is 10.8 Å². The molecule has 224 valence electrons. The Labute approximate surface area is 262 Å². The Kier molecular flexibility index (Phi) is 10.8. The standard InChI is InChI=1S/C31H34Cl3N3O4S/c1-21-13-15-25(33)18-29(21)37(42(40,41)27-11-7-4-8-12-27)20-30(38)36(19-23-14-16-24(32)17-28(23)34)22(2)31(39)35-26-9-5-3-6-10-26/h4,7-8,11-18,22,26H,3,5-6,9-10,19-20H2,1-2H3,(H,35,39). The van der Waals surface area contributed by atoms with Gasteiger partial charge in [-0.15, -0.1) is 0 Å². The summed E-state index contributed by atoms with van der Waals surface area (Å²) in [5.41, 5.74) is 1.45. The van der Waals surface area contributed by atoms with Gasteiger partial charge in [-0.05, 0) is 74.2 Å². The average Bonchev–Trinajstić information content (AvgIpc) is 2.97. The maximum atomic E-state index is 14.2. The van der Waals surface area contributed by atoms with E-state index in [1.807, 2.05) is 0 Å². The second-order valence-electron chi connectivity index (χ2n) is 10.5. The zero-order valence-electron chi connectivity index (χ0n) is 23.5. The van der Waals surface area contributed by atoms with Gasteiger partial charge in [0.25, 0.3) is 10.0 Å². The predicted molar refractivity (Wildman–Crippen MR) is 169 cm³/mol. The Morgan fingerprint density at radius 3 is 2.24 bits per heavy atom. The molecular weight excluding hydrogens is 617 g/mol. The number of aryl methyl sites for hydroxylation is 1. The van der Waals surface area contributed by atoms with Gasteiger partial charge in [0.2, 0.25) is 11.8 Å². The van der Waals surface area contributed by atoms with Crippen molar-refractivity contribution in [2.24, 2.45) is 0 Å². The fourth-order valence-corrected chi connectivity index (χ4v) is 7.20. The highest BCUT2D eigenvalue weighted by Crippen LogP contribution is 2.30. The van der Waals surface area contributed by atoms with E-state index in [0.29, 0.717) is 26.2 Å². The van der Waals surface area contributed by atoms with Crippen molar-refractivity contribution in [3.05, 3.63) is 92.9 Å². The maximum absolute atomic E-state index is 14.2. The topological polar surface area (TPSA) is 86.8 Å². The number of hydrogen-bond donors (Lipinski definition) is 1. The molecule has 2 amide bonds. The van der Waals surface area contributed by atoms with Gasteiger partial charge in [0.1, 0.15) is 12.6 Å². The van der Waals surface area contributed by atoms with E-state index >= 15 is 0 Å². The molecule has 0 radical (unpaired) electrons. The number of benzene rings is 3. The van der Waals surface area contributed by atoms with Crippen molar-refractivity contribution in [1.29, 1.82) is 0 Å². The van der Waals surface area contributed by atoms with Gasteiger partial charge in [-0.1, -0.05) is 84.4 Å². The first-order chi connectivity index (χ1) is 20.0. The molecule has 0 saturated heterocycles. The lowest BCUT2D eigenvalue weighted by Gasteiger charge is -2.33. The Bertz CT molecular complexity index is 1530. The summed E-state index contributed by atoms with van der Waals surface area (Å²) < 4.78 is 29.0. The van der Waals surface area contributed by atoms with Crippen LogP contribution in [0.1, 0.15) is 50.2 Å². The van der Waals surface area contributed by atoms with Crippen LogP contribution < -0.4 is 9.62 Å². The normalized spacial score (nSPS) is 14.7. The van der Waals surface area contributed by atoms with E-state index in [1.54, 1.807) is 62.4 Å². The molecule has 0 aliphatic heterocycles. The van der Waals surface area contributed by atoms with Crippen LogP contribution in [0.4, 0.5) is 5.69 Å². The van der Waals surface area contributed by atoms with Crippen molar-refractivity contribution < 1.29 is 18.0 Å². The maximum Gasteiger partial charge on any atom is 0.264 e. The summed E-state index contributed by atoms with van der Waals surface area (Å²) in [6.07, 6.45) is 4.97. The minimum atomic E-state index is -4.19. The molecule has 0 bridgehead atoms. The Hall–Kier alpha value is -2.78. The number of carbonyl (C=O) groups excluding carboxylic acids is 2. The number of rotatable bonds is 10. The van der Waals surface area contributed by atoms with Crippen molar-refractivity contribution in [3.8, 4) is 0 Å². The number of sulfonamides is 1. The summed E-state index contributed by atoms with van der Waals surface area (Å²) >= 11 is 18.8. The van der Waals surface area contributed by atoms with Crippen LogP contribution in [0.5, 0.6) is 0 Å². The zero-order valence-corrected chi connectivity index (χ0v) is 26.6. The summed E-state index contributed by atoms with van der Waals surface area (Å²) in [7, 11) is -4.19. The average molecular weight is 651 g/mol. The molecule has 1 saturated carbocycles. The summed E-state index contributed by atoms with van der Waals surface area (Å²) in [5.74, 6) is -0.886. The molecule has 11 heteroatoms. The van der Waals surface area contributed by atoms with Crippen LogP contribution in [0.25, 0.3) is 0 Å². The molecule has 42 heavy (non-hydrogen) atoms. The van der Waals surface area contributed by atoms with Crippen LogP contribution in [0, 0.1) is 6.92 Å². The van der Waals surface area contributed by atoms with E-state index in [0.717, 1.165) is 36.4 Å². The largest absolute Gasteiger partial charge is 0.352 e. The number of halogens is 3. The van der Waals surface area contributed by atoms with Crippen LogP contribution in [-0.2, 0) is 26.2 Å². The predicted octanol–water partition coefficient (Wildman–Crippen LogP) is 7.02. The first kappa shape index (κ1) is 32.1. The van der Waals surface area contributed by atoms with Gasteiger partial charge in [0, 0.05) is 27.7 Å². The van der Waals surface area contributed by atoms with E-state index in [1.165, 1.54) is 23.1 Å². The quantitative estimate of drug-likeness (QED) is 0.256. The Morgan fingerprint density at radius 1 is 0.929 bits per heavy atom. The fraction of sp³-hybridized carbons (Fsp3) is 0.355. The van der Waals surface area contributed by atoms with Crippen molar-refractivity contribution in [3.63, 3.8) is 0 Å². The summed E-state index contributed by atoms with van der Waals surface area (Å²) in [6, 6.07) is 16.8. The lowest BCUT2D eigenvalue weighted by Crippen LogP contribution is -2.53. The molecule has 1 atom stereocenters. The second-order valence-corrected chi connectivity index (χ2v) is 13.7. The molecule has 0 spiro atoms. The SMILES string of the molecule is Cc1ccc(Cl)cc1N(CC(=O)N(Cc1ccc(Cl)cc1Cl)C(C)C(=O)NC1CCCCC1)S(=O)(=O)c1ccccc1. The molecule has 7 nitrogen and oxygen atoms in total. The highest BCUT2D eigenvalue weighted by atomic mass is 35.5. The monoisotopic (exact) mass is 649 g/mol. The van der Waals surface area contributed by atoms with Crippen LogP contribution in [0.2, 0.25) is 15.1 Å². The third-order valence-electron chi connectivity index (χ3n) is 7.52. The number of amides is 2. The smallest absolute Gasteiger partial charge is 0.264 e. The molecule has 1 N–H and O–H groups in total. The Morgan fingerprint density at radius 2 is 1.57 bits per heavy atom. The number of anilines is 1. The highest BCUT2D eigenvalue weighted by Gasteiger charge is 2.34. The zero-order chi connectivity index (χ0) is 30.4. The molecule has 1 aliphatic rings. The van der Waals surface area contributed by atoms with Gasteiger partial charge in [0.05, 0.1) is 10.6 Å². The molecule has 1 fully saturated rings. The van der Waals surface area contributed by atoms with Crippen molar-refractivity contribution in [1.82, 2.24) is 10.2 Å². The number of carbonyl (C=O) groups is 2. The van der Waals surface area contributed by atoms with Crippen LogP contribution in [0.3, 0.4) is 0 Å².